The molecular weight excluding hydrogens is 184 g/mol. The van der Waals surface area contributed by atoms with Crippen molar-refractivity contribution in [1.29, 1.82) is 0 Å². The zero-order valence-corrected chi connectivity index (χ0v) is 8.54. The predicted molar refractivity (Wildman–Crippen MR) is 52.0 cm³/mol. The van der Waals surface area contributed by atoms with E-state index in [4.69, 9.17) is 9.15 Å². The summed E-state index contributed by atoms with van der Waals surface area (Å²) in [5.41, 5.74) is 0. The molecule has 0 aliphatic rings. The average Bonchev–Trinajstić information content (AvgIpc) is 2.63. The summed E-state index contributed by atoms with van der Waals surface area (Å²) in [6, 6.07) is 0.440. The quantitative estimate of drug-likeness (QED) is 0.614. The predicted octanol–water partition coefficient (Wildman–Crippen LogP) is 0.237. The van der Waals surface area contributed by atoms with Crippen LogP contribution in [0.25, 0.3) is 0 Å². The summed E-state index contributed by atoms with van der Waals surface area (Å²) in [5, 5.41) is 13.7. The fourth-order valence-corrected chi connectivity index (χ4v) is 0.888. The zero-order valence-electron chi connectivity index (χ0n) is 8.54. The minimum absolute atomic E-state index is 0.440. The van der Waals surface area contributed by atoms with Gasteiger partial charge in [0.05, 0.1) is 13.2 Å². The van der Waals surface area contributed by atoms with Crippen LogP contribution in [0, 0.1) is 0 Å². The molecule has 1 rings (SSSR count). The van der Waals surface area contributed by atoms with Gasteiger partial charge >= 0.3 is 6.01 Å². The Bertz CT molecular complexity index is 251. The second-order valence-electron chi connectivity index (χ2n) is 2.70. The van der Waals surface area contributed by atoms with E-state index in [9.17, 15) is 0 Å². The van der Waals surface area contributed by atoms with Gasteiger partial charge in [0.25, 0.3) is 0 Å². The molecule has 0 spiro atoms. The van der Waals surface area contributed by atoms with E-state index in [-0.39, 0.29) is 0 Å². The number of nitrogens with one attached hydrogen (secondary N) is 2. The van der Waals surface area contributed by atoms with Gasteiger partial charge in [0.1, 0.15) is 0 Å². The summed E-state index contributed by atoms with van der Waals surface area (Å²) < 4.78 is 10.2. The van der Waals surface area contributed by atoms with Crippen LogP contribution in [0.15, 0.2) is 4.42 Å². The molecule has 1 heterocycles. The Morgan fingerprint density at radius 3 is 3.00 bits per heavy atom. The van der Waals surface area contributed by atoms with Gasteiger partial charge in [-0.1, -0.05) is 12.0 Å². The van der Waals surface area contributed by atoms with Crippen LogP contribution in [0.2, 0.25) is 0 Å². The highest BCUT2D eigenvalue weighted by molar-refractivity contribution is 5.16. The number of methoxy groups -OCH3 is 1. The average molecular weight is 200 g/mol. The second-order valence-corrected chi connectivity index (χ2v) is 2.70. The Kier molecular flexibility index (Phi) is 4.95. The van der Waals surface area contributed by atoms with Crippen LogP contribution >= 0.6 is 0 Å². The van der Waals surface area contributed by atoms with Crippen molar-refractivity contribution < 1.29 is 9.15 Å². The molecule has 0 atom stereocenters. The molecule has 1 aromatic rings. The van der Waals surface area contributed by atoms with E-state index in [0.717, 1.165) is 6.54 Å². The molecule has 14 heavy (non-hydrogen) atoms. The highest BCUT2D eigenvalue weighted by atomic mass is 16.5. The van der Waals surface area contributed by atoms with E-state index >= 15 is 0 Å². The lowest BCUT2D eigenvalue weighted by Gasteiger charge is -1.98. The summed E-state index contributed by atoms with van der Waals surface area (Å²) in [4.78, 5) is 0. The molecule has 0 saturated heterocycles. The molecule has 0 aliphatic carbocycles. The Morgan fingerprint density at radius 2 is 2.29 bits per heavy atom. The van der Waals surface area contributed by atoms with Crippen molar-refractivity contribution in [2.75, 3.05) is 32.1 Å². The summed E-state index contributed by atoms with van der Waals surface area (Å²) >= 11 is 0. The van der Waals surface area contributed by atoms with Gasteiger partial charge in [-0.15, -0.1) is 5.10 Å². The fraction of sp³-hybridized carbons (Fsp3) is 0.750. The molecular formula is C8H16N4O2. The largest absolute Gasteiger partial charge is 0.407 e. The molecule has 0 aliphatic heterocycles. The maximum atomic E-state index is 5.28. The normalized spacial score (nSPS) is 10.4. The first kappa shape index (κ1) is 10.9. The summed E-state index contributed by atoms with van der Waals surface area (Å²) in [6.07, 6.45) is 0. The number of nitrogens with zero attached hydrogens (tertiary/aromatic N) is 2. The lowest BCUT2D eigenvalue weighted by Crippen LogP contribution is -2.11. The van der Waals surface area contributed by atoms with Crippen molar-refractivity contribution in [2.45, 2.75) is 13.5 Å². The van der Waals surface area contributed by atoms with Gasteiger partial charge in [0.2, 0.25) is 5.89 Å². The van der Waals surface area contributed by atoms with Crippen LogP contribution in [-0.4, -0.2) is 37.0 Å². The maximum absolute atomic E-state index is 5.28. The van der Waals surface area contributed by atoms with E-state index in [1.54, 1.807) is 7.11 Å². The SMILES string of the molecule is CCNCc1nnc(NCCOC)o1. The van der Waals surface area contributed by atoms with Gasteiger partial charge in [-0.25, -0.2) is 0 Å². The fourth-order valence-electron chi connectivity index (χ4n) is 0.888. The first-order valence-electron chi connectivity index (χ1n) is 4.62. The zero-order chi connectivity index (χ0) is 10.2. The highest BCUT2D eigenvalue weighted by Crippen LogP contribution is 2.03. The van der Waals surface area contributed by atoms with E-state index in [2.05, 4.69) is 20.8 Å². The van der Waals surface area contributed by atoms with Crippen LogP contribution in [0.1, 0.15) is 12.8 Å². The summed E-state index contributed by atoms with van der Waals surface area (Å²) in [6.45, 7) is 4.79. The molecule has 0 radical (unpaired) electrons. The molecule has 80 valence electrons. The van der Waals surface area contributed by atoms with Gasteiger partial charge < -0.3 is 19.8 Å². The third-order valence-corrected chi connectivity index (χ3v) is 1.58. The van der Waals surface area contributed by atoms with E-state index in [0.29, 0.717) is 31.6 Å². The van der Waals surface area contributed by atoms with Gasteiger partial charge in [-0.2, -0.15) is 0 Å². The topological polar surface area (TPSA) is 72.2 Å². The number of hydrogen-bond acceptors (Lipinski definition) is 6. The van der Waals surface area contributed by atoms with Crippen LogP contribution in [0.4, 0.5) is 6.01 Å². The standard InChI is InChI=1S/C8H16N4O2/c1-3-9-6-7-11-12-8(14-7)10-4-5-13-2/h9H,3-6H2,1-2H3,(H,10,12). The molecule has 0 aromatic carbocycles. The third-order valence-electron chi connectivity index (χ3n) is 1.58. The van der Waals surface area contributed by atoms with E-state index in [1.165, 1.54) is 0 Å². The van der Waals surface area contributed by atoms with Gasteiger partial charge in [-0.05, 0) is 6.54 Å². The molecule has 2 N–H and O–H groups in total. The molecule has 0 amide bonds. The van der Waals surface area contributed by atoms with Crippen molar-refractivity contribution in [2.24, 2.45) is 0 Å². The number of anilines is 1. The number of ether oxygens (including phenoxy) is 1. The minimum atomic E-state index is 0.440. The van der Waals surface area contributed by atoms with Crippen molar-refractivity contribution in [1.82, 2.24) is 15.5 Å². The number of hydrogen-bond donors (Lipinski definition) is 2. The number of rotatable bonds is 7. The lowest BCUT2D eigenvalue weighted by molar-refractivity contribution is 0.210. The van der Waals surface area contributed by atoms with Gasteiger partial charge in [-0.3, -0.25) is 0 Å². The molecule has 6 nitrogen and oxygen atoms in total. The molecule has 0 fully saturated rings. The van der Waals surface area contributed by atoms with Crippen LogP contribution in [0.5, 0.6) is 0 Å². The second kappa shape index (κ2) is 6.33. The molecule has 6 heteroatoms. The van der Waals surface area contributed by atoms with Crippen molar-refractivity contribution >= 4 is 6.01 Å². The van der Waals surface area contributed by atoms with Gasteiger partial charge in [0, 0.05) is 13.7 Å². The van der Waals surface area contributed by atoms with Crippen molar-refractivity contribution in [3.63, 3.8) is 0 Å². The van der Waals surface area contributed by atoms with E-state index < -0.39 is 0 Å². The molecule has 0 saturated carbocycles. The third kappa shape index (κ3) is 3.71. The summed E-state index contributed by atoms with van der Waals surface area (Å²) in [5.74, 6) is 0.590. The summed E-state index contributed by atoms with van der Waals surface area (Å²) in [7, 11) is 1.64. The first-order valence-corrected chi connectivity index (χ1v) is 4.62. The Labute approximate surface area is 83.0 Å². The minimum Gasteiger partial charge on any atom is -0.407 e. The first-order chi connectivity index (χ1) is 6.86. The Hall–Kier alpha value is -1.14. The smallest absolute Gasteiger partial charge is 0.315 e. The van der Waals surface area contributed by atoms with E-state index in [1.807, 2.05) is 6.92 Å². The molecule has 0 bridgehead atoms. The monoisotopic (exact) mass is 200 g/mol. The highest BCUT2D eigenvalue weighted by Gasteiger charge is 2.03. The lowest BCUT2D eigenvalue weighted by atomic mass is 10.6. The Balaban J connectivity index is 2.27. The Morgan fingerprint density at radius 1 is 1.43 bits per heavy atom. The maximum Gasteiger partial charge on any atom is 0.315 e. The van der Waals surface area contributed by atoms with Crippen molar-refractivity contribution in [3.8, 4) is 0 Å². The van der Waals surface area contributed by atoms with Crippen molar-refractivity contribution in [3.05, 3.63) is 5.89 Å². The van der Waals surface area contributed by atoms with Crippen LogP contribution < -0.4 is 10.6 Å². The molecule has 1 aromatic heterocycles. The van der Waals surface area contributed by atoms with Gasteiger partial charge in [0.15, 0.2) is 0 Å². The van der Waals surface area contributed by atoms with Crippen LogP contribution in [0.3, 0.4) is 0 Å². The molecule has 0 unspecified atom stereocenters. The number of aromatic nitrogens is 2. The van der Waals surface area contributed by atoms with Crippen LogP contribution in [-0.2, 0) is 11.3 Å².